The summed E-state index contributed by atoms with van der Waals surface area (Å²) in [5.41, 5.74) is 8.74. The van der Waals surface area contributed by atoms with Gasteiger partial charge < -0.3 is 0 Å². The zero-order valence-electron chi connectivity index (χ0n) is 19.8. The molecule has 0 aliphatic heterocycles. The van der Waals surface area contributed by atoms with Crippen LogP contribution in [0.15, 0.2) is 0 Å². The van der Waals surface area contributed by atoms with Crippen LogP contribution in [0, 0.1) is 0 Å². The number of hydrogen-bond acceptors (Lipinski definition) is 0. The van der Waals surface area contributed by atoms with Crippen LogP contribution in [0.1, 0.15) is 167 Å². The second-order valence-electron chi connectivity index (χ2n) is 9.21. The minimum atomic E-state index is 0.374. The molecule has 2 radical (unpaired) electrons. The summed E-state index contributed by atoms with van der Waals surface area (Å²) < 4.78 is 0. The normalized spacial score (nSPS) is 11.4. The van der Waals surface area contributed by atoms with Crippen LogP contribution < -0.4 is 5.73 Å². The molecule has 1 heteroatoms. The summed E-state index contributed by atoms with van der Waals surface area (Å²) in [7, 11) is 0. The van der Waals surface area contributed by atoms with Gasteiger partial charge in [-0.05, 0) is 6.42 Å². The first-order chi connectivity index (χ1) is 13.9. The molecule has 0 aromatic carbocycles. The quantitative estimate of drug-likeness (QED) is 0.138. The number of rotatable bonds is 25. The Morgan fingerprint density at radius 2 is 0.464 bits per heavy atom. The number of nitrogens with zero attached hydrogens (tertiary/aromatic N) is 1. The molecule has 0 amide bonds. The van der Waals surface area contributed by atoms with Gasteiger partial charge in [-0.1, -0.05) is 161 Å². The topological polar surface area (TPSA) is 22.3 Å². The van der Waals surface area contributed by atoms with Crippen molar-refractivity contribution in [2.45, 2.75) is 167 Å². The highest BCUT2D eigenvalue weighted by atomic mass is 14.5. The molecule has 0 fully saturated rings. The first kappa shape index (κ1) is 28.0. The van der Waals surface area contributed by atoms with E-state index in [2.05, 4.69) is 6.92 Å². The molecule has 0 heterocycles. The first-order valence-corrected chi connectivity index (χ1v) is 13.5. The molecule has 0 unspecified atom stereocenters. The maximum absolute atomic E-state index is 8.74. The van der Waals surface area contributed by atoms with Crippen molar-refractivity contribution in [3.05, 3.63) is 0 Å². The van der Waals surface area contributed by atoms with Crippen LogP contribution in [0.3, 0.4) is 0 Å². The molecule has 28 heavy (non-hydrogen) atoms. The van der Waals surface area contributed by atoms with Crippen molar-refractivity contribution in [2.24, 2.45) is 0 Å². The van der Waals surface area contributed by atoms with E-state index in [1.807, 2.05) is 0 Å². The van der Waals surface area contributed by atoms with Crippen molar-refractivity contribution in [2.75, 3.05) is 6.54 Å². The van der Waals surface area contributed by atoms with Gasteiger partial charge >= 0.3 is 0 Å². The van der Waals surface area contributed by atoms with Gasteiger partial charge in [0.25, 0.3) is 0 Å². The lowest BCUT2D eigenvalue weighted by Gasteiger charge is -2.04. The summed E-state index contributed by atoms with van der Waals surface area (Å²) >= 11 is 0. The fourth-order valence-corrected chi connectivity index (χ4v) is 4.25. The van der Waals surface area contributed by atoms with Crippen LogP contribution in [0.25, 0.3) is 0 Å². The van der Waals surface area contributed by atoms with E-state index in [1.54, 1.807) is 0 Å². The first-order valence-electron chi connectivity index (χ1n) is 13.5. The van der Waals surface area contributed by atoms with Crippen LogP contribution in [-0.2, 0) is 0 Å². The van der Waals surface area contributed by atoms with Crippen molar-refractivity contribution >= 4 is 0 Å². The van der Waals surface area contributed by atoms with Gasteiger partial charge in [-0.25, -0.2) is 0 Å². The van der Waals surface area contributed by atoms with Gasteiger partial charge in [0.15, 0.2) is 0 Å². The highest BCUT2D eigenvalue weighted by Gasteiger charge is 1.96. The predicted octanol–water partition coefficient (Wildman–Crippen LogP) is 9.83. The Bertz CT molecular complexity index is 225. The number of unbranched alkanes of at least 4 members (excludes halogenated alkanes) is 24. The molecule has 0 saturated carbocycles. The Kier molecular flexibility index (Phi) is 26.9. The molecular weight excluding hydrogens is 338 g/mol. The van der Waals surface area contributed by atoms with Gasteiger partial charge in [0.2, 0.25) is 0 Å². The van der Waals surface area contributed by atoms with E-state index in [1.165, 1.54) is 154 Å². The van der Waals surface area contributed by atoms with E-state index >= 15 is 0 Å². The lowest BCUT2D eigenvalue weighted by Crippen LogP contribution is -1.86. The second kappa shape index (κ2) is 27.0. The van der Waals surface area contributed by atoms with E-state index in [4.69, 9.17) is 5.73 Å². The van der Waals surface area contributed by atoms with Crippen molar-refractivity contribution in [3.63, 3.8) is 0 Å². The lowest BCUT2D eigenvalue weighted by molar-refractivity contribution is 0.516. The molecule has 0 aliphatic rings. The zero-order valence-corrected chi connectivity index (χ0v) is 19.8. The predicted molar refractivity (Wildman–Crippen MR) is 128 cm³/mol. The fourth-order valence-electron chi connectivity index (χ4n) is 4.25. The molecule has 0 aliphatic carbocycles. The minimum absolute atomic E-state index is 0.374. The molecule has 0 saturated heterocycles. The Balaban J connectivity index is 2.96. The van der Waals surface area contributed by atoms with Gasteiger partial charge in [0.1, 0.15) is 0 Å². The standard InChI is InChI=1S/C27H55N/c1-2-3-4-5-6-7-8-9-10-11-12-13-14-15-16-17-18-19-20-21-22-23-24-25-26-27-28/h2-27H2,1H3. The highest BCUT2D eigenvalue weighted by Crippen LogP contribution is 2.15. The lowest BCUT2D eigenvalue weighted by atomic mass is 10.0. The van der Waals surface area contributed by atoms with Gasteiger partial charge in [-0.3, -0.25) is 0 Å². The largest absolute Gasteiger partial charge is 0.145 e. The van der Waals surface area contributed by atoms with E-state index in [-0.39, 0.29) is 0 Å². The maximum atomic E-state index is 8.74. The minimum Gasteiger partial charge on any atom is -0.145 e. The van der Waals surface area contributed by atoms with E-state index in [9.17, 15) is 0 Å². The maximum Gasteiger partial charge on any atom is 0.0321 e. The smallest absolute Gasteiger partial charge is 0.0321 e. The van der Waals surface area contributed by atoms with Gasteiger partial charge in [-0.2, -0.15) is 0 Å². The summed E-state index contributed by atoms with van der Waals surface area (Å²) in [5, 5.41) is 0. The molecule has 0 N–H and O–H groups in total. The van der Waals surface area contributed by atoms with Crippen LogP contribution in [0.2, 0.25) is 0 Å². The Hall–Kier alpha value is -0.0400. The summed E-state index contributed by atoms with van der Waals surface area (Å²) in [6.07, 6.45) is 35.6. The fraction of sp³-hybridized carbons (Fsp3) is 1.00. The Labute approximate surface area is 180 Å². The van der Waals surface area contributed by atoms with Crippen LogP contribution >= 0.6 is 0 Å². The zero-order chi connectivity index (χ0) is 20.4. The highest BCUT2D eigenvalue weighted by molar-refractivity contribution is 4.51. The summed E-state index contributed by atoms with van der Waals surface area (Å²) in [4.78, 5) is 0. The molecule has 0 atom stereocenters. The molecule has 168 valence electrons. The van der Waals surface area contributed by atoms with Crippen LogP contribution in [0.5, 0.6) is 0 Å². The van der Waals surface area contributed by atoms with Crippen molar-refractivity contribution < 1.29 is 0 Å². The molecule has 1 nitrogen and oxygen atoms in total. The van der Waals surface area contributed by atoms with Crippen molar-refractivity contribution in [1.29, 1.82) is 0 Å². The van der Waals surface area contributed by atoms with Crippen molar-refractivity contribution in [1.82, 2.24) is 5.73 Å². The molecule has 0 aromatic heterocycles. The van der Waals surface area contributed by atoms with Crippen LogP contribution in [0.4, 0.5) is 0 Å². The monoisotopic (exact) mass is 393 g/mol. The van der Waals surface area contributed by atoms with Gasteiger partial charge in [0, 0.05) is 6.54 Å². The second-order valence-corrected chi connectivity index (χ2v) is 9.21. The van der Waals surface area contributed by atoms with E-state index in [0.717, 1.165) is 6.42 Å². The van der Waals surface area contributed by atoms with Gasteiger partial charge in [-0.15, -0.1) is 5.73 Å². The molecule has 0 rings (SSSR count). The van der Waals surface area contributed by atoms with Crippen molar-refractivity contribution in [3.8, 4) is 0 Å². The van der Waals surface area contributed by atoms with E-state index < -0.39 is 0 Å². The molecule has 0 bridgehead atoms. The average molecular weight is 394 g/mol. The molecule has 0 spiro atoms. The van der Waals surface area contributed by atoms with Gasteiger partial charge in [0.05, 0.1) is 0 Å². The third kappa shape index (κ3) is 26.0. The Morgan fingerprint density at radius 1 is 0.286 bits per heavy atom. The molecular formula is C27H55N. The average Bonchev–Trinajstić information content (AvgIpc) is 2.71. The van der Waals surface area contributed by atoms with Crippen LogP contribution in [-0.4, -0.2) is 6.54 Å². The van der Waals surface area contributed by atoms with E-state index in [0.29, 0.717) is 6.54 Å². The molecule has 0 aromatic rings. The SMILES string of the molecule is CCCCCCCCCCCCCCCCCCCCCCCCCCC[N]. The Morgan fingerprint density at radius 3 is 0.643 bits per heavy atom. The summed E-state index contributed by atoms with van der Waals surface area (Å²) in [6, 6.07) is 0. The third-order valence-electron chi connectivity index (χ3n) is 6.26. The summed E-state index contributed by atoms with van der Waals surface area (Å²) in [5.74, 6) is 0. The third-order valence-corrected chi connectivity index (χ3v) is 6.26. The number of hydrogen-bond donors (Lipinski definition) is 0. The summed E-state index contributed by atoms with van der Waals surface area (Å²) in [6.45, 7) is 2.67.